The van der Waals surface area contributed by atoms with Crippen molar-refractivity contribution in [1.29, 1.82) is 0 Å². The van der Waals surface area contributed by atoms with Crippen molar-refractivity contribution in [3.63, 3.8) is 0 Å². The van der Waals surface area contributed by atoms with Gasteiger partial charge in [0.1, 0.15) is 11.3 Å². The molecular weight excluding hydrogens is 403 g/mol. The fourth-order valence-corrected chi connectivity index (χ4v) is 4.21. The highest BCUT2D eigenvalue weighted by Crippen LogP contribution is 2.23. The van der Waals surface area contributed by atoms with Gasteiger partial charge in [0.05, 0.1) is 11.4 Å². The van der Waals surface area contributed by atoms with E-state index in [-0.39, 0.29) is 17.5 Å². The Labute approximate surface area is 179 Å². The largest absolute Gasteiger partial charge is 0.431 e. The van der Waals surface area contributed by atoms with Crippen LogP contribution < -0.4 is 10.2 Å². The first-order valence-corrected chi connectivity index (χ1v) is 11.1. The second-order valence-corrected chi connectivity index (χ2v) is 8.15. The van der Waals surface area contributed by atoms with Gasteiger partial charge in [-0.25, -0.2) is 9.37 Å². The van der Waals surface area contributed by atoms with Crippen LogP contribution in [0.25, 0.3) is 11.1 Å². The number of nitrogens with zero attached hydrogens (tertiary/aromatic N) is 3. The molecule has 1 aliphatic rings. The van der Waals surface area contributed by atoms with Crippen molar-refractivity contribution in [3.8, 4) is 0 Å². The quantitative estimate of drug-likeness (QED) is 0.438. The number of benzene rings is 2. The highest BCUT2D eigenvalue weighted by Gasteiger charge is 2.18. The molecule has 1 saturated heterocycles. The van der Waals surface area contributed by atoms with E-state index in [0.717, 1.165) is 50.2 Å². The molecule has 158 valence electrons. The first-order valence-electron chi connectivity index (χ1n) is 10.2. The highest BCUT2D eigenvalue weighted by atomic mass is 32.2. The Balaban J connectivity index is 1.11. The van der Waals surface area contributed by atoms with Gasteiger partial charge in [0.15, 0.2) is 5.58 Å². The van der Waals surface area contributed by atoms with Crippen molar-refractivity contribution in [2.24, 2.45) is 0 Å². The van der Waals surface area contributed by atoms with Crippen molar-refractivity contribution >= 4 is 34.5 Å². The lowest BCUT2D eigenvalue weighted by Crippen LogP contribution is -2.47. The van der Waals surface area contributed by atoms with Crippen molar-refractivity contribution in [3.05, 3.63) is 54.3 Å². The number of anilines is 1. The molecule has 0 spiro atoms. The monoisotopic (exact) mass is 428 g/mol. The van der Waals surface area contributed by atoms with E-state index in [4.69, 9.17) is 4.42 Å². The summed E-state index contributed by atoms with van der Waals surface area (Å²) in [6.07, 6.45) is 0.888. The molecule has 4 rings (SSSR count). The van der Waals surface area contributed by atoms with E-state index >= 15 is 0 Å². The van der Waals surface area contributed by atoms with Gasteiger partial charge in [0.25, 0.3) is 5.22 Å². The van der Waals surface area contributed by atoms with Crippen molar-refractivity contribution in [2.45, 2.75) is 11.6 Å². The number of oxazole rings is 1. The second kappa shape index (κ2) is 9.95. The predicted octanol–water partition coefficient (Wildman–Crippen LogP) is 3.39. The number of hydrogen-bond acceptors (Lipinski definition) is 6. The van der Waals surface area contributed by atoms with Crippen LogP contribution in [0.2, 0.25) is 0 Å². The lowest BCUT2D eigenvalue weighted by atomic mass is 10.2. The van der Waals surface area contributed by atoms with E-state index in [0.29, 0.717) is 17.5 Å². The van der Waals surface area contributed by atoms with E-state index in [1.807, 2.05) is 36.4 Å². The molecule has 0 unspecified atom stereocenters. The van der Waals surface area contributed by atoms with Crippen LogP contribution in [0.1, 0.15) is 6.42 Å². The van der Waals surface area contributed by atoms with Crippen LogP contribution in [0.4, 0.5) is 10.1 Å². The third-order valence-corrected chi connectivity index (χ3v) is 5.97. The molecule has 2 aromatic carbocycles. The van der Waals surface area contributed by atoms with Crippen LogP contribution in [0.15, 0.2) is 58.2 Å². The summed E-state index contributed by atoms with van der Waals surface area (Å²) in [5.74, 6) is 0.102. The molecule has 1 N–H and O–H groups in total. The lowest BCUT2D eigenvalue weighted by molar-refractivity contribution is -0.118. The van der Waals surface area contributed by atoms with Gasteiger partial charge in [-0.05, 0) is 37.2 Å². The molecule has 2 heterocycles. The normalized spacial score (nSPS) is 14.9. The molecule has 1 aromatic heterocycles. The summed E-state index contributed by atoms with van der Waals surface area (Å²) in [5, 5.41) is 3.47. The molecule has 0 bridgehead atoms. The van der Waals surface area contributed by atoms with Gasteiger partial charge in [-0.15, -0.1) is 0 Å². The number of nitrogens with one attached hydrogen (secondary N) is 1. The summed E-state index contributed by atoms with van der Waals surface area (Å²) in [4.78, 5) is 20.9. The summed E-state index contributed by atoms with van der Waals surface area (Å²) < 4.78 is 19.5. The SMILES string of the molecule is O=C(CSc1nc2ccccc2o1)NCCCN1CCN(c2ccccc2F)CC1. The van der Waals surface area contributed by atoms with E-state index in [1.54, 1.807) is 6.07 Å². The number of amides is 1. The topological polar surface area (TPSA) is 61.6 Å². The summed E-state index contributed by atoms with van der Waals surface area (Å²) >= 11 is 1.30. The molecule has 0 aliphatic carbocycles. The maximum absolute atomic E-state index is 13.9. The zero-order valence-corrected chi connectivity index (χ0v) is 17.5. The Bertz CT molecular complexity index is 955. The molecule has 1 fully saturated rings. The Morgan fingerprint density at radius 3 is 2.67 bits per heavy atom. The minimum absolute atomic E-state index is 0.0216. The number of hydrogen-bond donors (Lipinski definition) is 1. The van der Waals surface area contributed by atoms with Crippen LogP contribution in [0.5, 0.6) is 0 Å². The Morgan fingerprint density at radius 1 is 1.10 bits per heavy atom. The first-order chi connectivity index (χ1) is 14.7. The summed E-state index contributed by atoms with van der Waals surface area (Å²) in [6, 6.07) is 14.5. The van der Waals surface area contributed by atoms with Gasteiger partial charge in [0.2, 0.25) is 5.91 Å². The number of rotatable bonds is 8. The van der Waals surface area contributed by atoms with Crippen LogP contribution in [0, 0.1) is 5.82 Å². The molecule has 0 atom stereocenters. The van der Waals surface area contributed by atoms with Gasteiger partial charge in [-0.1, -0.05) is 36.0 Å². The van der Waals surface area contributed by atoms with Gasteiger partial charge < -0.3 is 14.6 Å². The smallest absolute Gasteiger partial charge is 0.257 e. The average molecular weight is 429 g/mol. The zero-order chi connectivity index (χ0) is 20.8. The van der Waals surface area contributed by atoms with Crippen molar-refractivity contribution in [1.82, 2.24) is 15.2 Å². The van der Waals surface area contributed by atoms with Gasteiger partial charge in [-0.2, -0.15) is 0 Å². The lowest BCUT2D eigenvalue weighted by Gasteiger charge is -2.36. The van der Waals surface area contributed by atoms with Crippen molar-refractivity contribution < 1.29 is 13.6 Å². The summed E-state index contributed by atoms with van der Waals surface area (Å²) in [5.41, 5.74) is 2.21. The van der Waals surface area contributed by atoms with Crippen LogP contribution in [-0.2, 0) is 4.79 Å². The van der Waals surface area contributed by atoms with E-state index in [1.165, 1.54) is 17.8 Å². The predicted molar refractivity (Wildman–Crippen MR) is 117 cm³/mol. The number of piperazine rings is 1. The highest BCUT2D eigenvalue weighted by molar-refractivity contribution is 7.99. The standard InChI is InChI=1S/C22H25FN4O2S/c23-17-6-1-3-8-19(17)27-14-12-26(13-15-27)11-5-10-24-21(28)16-30-22-25-18-7-2-4-9-20(18)29-22/h1-4,6-9H,5,10-16H2,(H,24,28). The Morgan fingerprint density at radius 2 is 1.87 bits per heavy atom. The third-order valence-electron chi connectivity index (χ3n) is 5.14. The minimum atomic E-state index is -0.163. The molecule has 30 heavy (non-hydrogen) atoms. The van der Waals surface area contributed by atoms with Crippen LogP contribution >= 0.6 is 11.8 Å². The first kappa shape index (κ1) is 20.7. The number of thioether (sulfide) groups is 1. The average Bonchev–Trinajstić information content (AvgIpc) is 3.19. The van der Waals surface area contributed by atoms with Crippen molar-refractivity contribution in [2.75, 3.05) is 49.9 Å². The molecule has 6 nitrogen and oxygen atoms in total. The van der Waals surface area contributed by atoms with Crippen LogP contribution in [-0.4, -0.2) is 60.8 Å². The zero-order valence-electron chi connectivity index (χ0n) is 16.7. The number of carbonyl (C=O) groups is 1. The minimum Gasteiger partial charge on any atom is -0.431 e. The fraction of sp³-hybridized carbons (Fsp3) is 0.364. The van der Waals surface area contributed by atoms with E-state index in [9.17, 15) is 9.18 Å². The number of fused-ring (bicyclic) bond motifs is 1. The fourth-order valence-electron chi connectivity index (χ4n) is 3.54. The molecule has 8 heteroatoms. The summed E-state index contributed by atoms with van der Waals surface area (Å²) in [7, 11) is 0. The third kappa shape index (κ3) is 5.31. The maximum Gasteiger partial charge on any atom is 0.257 e. The Kier molecular flexibility index (Phi) is 6.86. The van der Waals surface area contributed by atoms with Gasteiger partial charge in [0, 0.05) is 32.7 Å². The molecule has 1 amide bonds. The number of para-hydroxylation sites is 3. The molecule has 0 saturated carbocycles. The molecule has 3 aromatic rings. The maximum atomic E-state index is 13.9. The molecule has 1 aliphatic heterocycles. The molecular formula is C22H25FN4O2S. The second-order valence-electron chi connectivity index (χ2n) is 7.22. The number of carbonyl (C=O) groups excluding carboxylic acids is 1. The van der Waals surface area contributed by atoms with E-state index < -0.39 is 0 Å². The van der Waals surface area contributed by atoms with Crippen LogP contribution in [0.3, 0.4) is 0 Å². The Hall–Kier alpha value is -2.58. The van der Waals surface area contributed by atoms with Gasteiger partial charge in [-0.3, -0.25) is 9.69 Å². The number of halogens is 1. The summed E-state index contributed by atoms with van der Waals surface area (Å²) in [6.45, 7) is 4.98. The van der Waals surface area contributed by atoms with Gasteiger partial charge >= 0.3 is 0 Å². The molecule has 0 radical (unpaired) electrons. The van der Waals surface area contributed by atoms with E-state index in [2.05, 4.69) is 20.1 Å². The number of aromatic nitrogens is 1.